The highest BCUT2D eigenvalue weighted by Gasteiger charge is 2.16. The fraction of sp³-hybridized carbons (Fsp3) is 0.727. The van der Waals surface area contributed by atoms with Gasteiger partial charge in [-0.25, -0.2) is 0 Å². The normalized spacial score (nSPS) is 15.4. The van der Waals surface area contributed by atoms with E-state index in [1.807, 2.05) is 11.8 Å². The second-order valence-corrected chi connectivity index (χ2v) is 3.92. The molecule has 1 aliphatic heterocycles. The van der Waals surface area contributed by atoms with Gasteiger partial charge in [-0.1, -0.05) is 0 Å². The lowest BCUT2D eigenvalue weighted by Crippen LogP contribution is -2.37. The van der Waals surface area contributed by atoms with Gasteiger partial charge >= 0.3 is 6.01 Å². The van der Waals surface area contributed by atoms with E-state index < -0.39 is 0 Å². The summed E-state index contributed by atoms with van der Waals surface area (Å²) < 4.78 is 10.6. The number of nitrogens with one attached hydrogen (secondary N) is 1. The van der Waals surface area contributed by atoms with Crippen LogP contribution >= 0.6 is 0 Å². The van der Waals surface area contributed by atoms with Gasteiger partial charge in [0.15, 0.2) is 0 Å². The first-order valence-corrected chi connectivity index (χ1v) is 6.39. The van der Waals surface area contributed by atoms with Crippen LogP contribution in [0.4, 0.5) is 11.9 Å². The highest BCUT2D eigenvalue weighted by molar-refractivity contribution is 5.38. The lowest BCUT2D eigenvalue weighted by atomic mass is 10.4. The van der Waals surface area contributed by atoms with E-state index in [0.717, 1.165) is 13.1 Å². The molecule has 2 N–H and O–H groups in total. The molecule has 0 amide bonds. The number of aliphatic hydroxyl groups is 1. The van der Waals surface area contributed by atoms with E-state index >= 15 is 0 Å². The number of anilines is 2. The molecule has 0 radical (unpaired) electrons. The SMILES string of the molecule is CCOc1nc(NCCO)nc(N2CCOCC2)n1. The van der Waals surface area contributed by atoms with Crippen molar-refractivity contribution in [3.63, 3.8) is 0 Å². The topological polar surface area (TPSA) is 92.6 Å². The van der Waals surface area contributed by atoms with Gasteiger partial charge in [-0.15, -0.1) is 0 Å². The monoisotopic (exact) mass is 269 g/mol. The molecule has 1 aliphatic rings. The molecule has 1 aromatic rings. The third kappa shape index (κ3) is 3.90. The Labute approximate surface area is 111 Å². The third-order valence-electron chi connectivity index (χ3n) is 2.57. The van der Waals surface area contributed by atoms with Crippen molar-refractivity contribution in [1.82, 2.24) is 15.0 Å². The second-order valence-electron chi connectivity index (χ2n) is 3.92. The second kappa shape index (κ2) is 7.05. The molecule has 0 unspecified atom stereocenters. The number of hydrogen-bond acceptors (Lipinski definition) is 8. The average molecular weight is 269 g/mol. The molecule has 1 saturated heterocycles. The Morgan fingerprint density at radius 2 is 2.11 bits per heavy atom. The number of aliphatic hydroxyl groups excluding tert-OH is 1. The van der Waals surface area contributed by atoms with Gasteiger partial charge in [0.05, 0.1) is 26.4 Å². The summed E-state index contributed by atoms with van der Waals surface area (Å²) in [5.74, 6) is 0.983. The Hall–Kier alpha value is -1.67. The van der Waals surface area contributed by atoms with Crippen LogP contribution in [0.5, 0.6) is 6.01 Å². The molecule has 1 aromatic heterocycles. The standard InChI is InChI=1S/C11H19N5O3/c1-2-19-11-14-9(12-3-6-17)13-10(15-11)16-4-7-18-8-5-16/h17H,2-8H2,1H3,(H,12,13,14,15). The van der Waals surface area contributed by atoms with Gasteiger partial charge in [0, 0.05) is 19.6 Å². The molecule has 0 spiro atoms. The molecule has 0 aliphatic carbocycles. The fourth-order valence-electron chi connectivity index (χ4n) is 1.69. The number of ether oxygens (including phenoxy) is 2. The molecule has 106 valence electrons. The van der Waals surface area contributed by atoms with Crippen LogP contribution in [0.15, 0.2) is 0 Å². The predicted molar refractivity (Wildman–Crippen MR) is 69.6 cm³/mol. The molecule has 1 fully saturated rings. The molecular formula is C11H19N5O3. The molecule has 0 aromatic carbocycles. The van der Waals surface area contributed by atoms with Gasteiger partial charge in [0.2, 0.25) is 11.9 Å². The van der Waals surface area contributed by atoms with E-state index in [-0.39, 0.29) is 6.61 Å². The molecule has 2 rings (SSSR count). The van der Waals surface area contributed by atoms with Crippen molar-refractivity contribution in [3.8, 4) is 6.01 Å². The quantitative estimate of drug-likeness (QED) is 0.715. The van der Waals surface area contributed by atoms with E-state index in [1.165, 1.54) is 0 Å². The fourth-order valence-corrected chi connectivity index (χ4v) is 1.69. The summed E-state index contributed by atoms with van der Waals surface area (Å²) in [6, 6.07) is 0.291. The minimum absolute atomic E-state index is 0.0164. The summed E-state index contributed by atoms with van der Waals surface area (Å²) in [4.78, 5) is 14.8. The highest BCUT2D eigenvalue weighted by Crippen LogP contribution is 2.16. The smallest absolute Gasteiger partial charge is 0.323 e. The Kier molecular flexibility index (Phi) is 5.10. The van der Waals surface area contributed by atoms with Gasteiger partial charge in [-0.2, -0.15) is 15.0 Å². The van der Waals surface area contributed by atoms with Gasteiger partial charge in [-0.05, 0) is 6.92 Å². The minimum Gasteiger partial charge on any atom is -0.464 e. The zero-order chi connectivity index (χ0) is 13.5. The van der Waals surface area contributed by atoms with Crippen LogP contribution in [0.25, 0.3) is 0 Å². The molecular weight excluding hydrogens is 250 g/mol. The summed E-state index contributed by atoms with van der Waals surface area (Å²) in [5, 5.41) is 11.7. The third-order valence-corrected chi connectivity index (χ3v) is 2.57. The van der Waals surface area contributed by atoms with E-state index in [9.17, 15) is 0 Å². The van der Waals surface area contributed by atoms with E-state index in [2.05, 4.69) is 20.3 Å². The molecule has 0 saturated carbocycles. The van der Waals surface area contributed by atoms with Crippen molar-refractivity contribution >= 4 is 11.9 Å². The summed E-state index contributed by atoms with van der Waals surface area (Å²) in [6.45, 7) is 5.58. The van der Waals surface area contributed by atoms with Crippen molar-refractivity contribution in [2.75, 3.05) is 56.3 Å². The van der Waals surface area contributed by atoms with Crippen LogP contribution in [0.1, 0.15) is 6.92 Å². The van der Waals surface area contributed by atoms with Crippen molar-refractivity contribution in [2.24, 2.45) is 0 Å². The zero-order valence-corrected chi connectivity index (χ0v) is 11.0. The maximum absolute atomic E-state index is 8.83. The van der Waals surface area contributed by atoms with Gasteiger partial charge < -0.3 is 24.8 Å². The first kappa shape index (κ1) is 13.8. The summed E-state index contributed by atoms with van der Waals surface area (Å²) >= 11 is 0. The van der Waals surface area contributed by atoms with Crippen LogP contribution in [-0.2, 0) is 4.74 Å². The van der Waals surface area contributed by atoms with Crippen LogP contribution in [0.2, 0.25) is 0 Å². The lowest BCUT2D eigenvalue weighted by molar-refractivity contribution is 0.122. The molecule has 8 heteroatoms. The largest absolute Gasteiger partial charge is 0.464 e. The molecule has 0 bridgehead atoms. The van der Waals surface area contributed by atoms with E-state index in [4.69, 9.17) is 14.6 Å². The maximum Gasteiger partial charge on any atom is 0.323 e. The number of nitrogens with zero attached hydrogens (tertiary/aromatic N) is 4. The Bertz CT molecular complexity index is 398. The maximum atomic E-state index is 8.83. The Morgan fingerprint density at radius 1 is 1.32 bits per heavy atom. The Balaban J connectivity index is 2.17. The first-order chi connectivity index (χ1) is 9.33. The van der Waals surface area contributed by atoms with Crippen molar-refractivity contribution in [2.45, 2.75) is 6.92 Å². The van der Waals surface area contributed by atoms with Crippen molar-refractivity contribution < 1.29 is 14.6 Å². The number of morpholine rings is 1. The van der Waals surface area contributed by atoms with E-state index in [1.54, 1.807) is 0 Å². The summed E-state index contributed by atoms with van der Waals surface area (Å²) in [5.41, 5.74) is 0. The molecule has 8 nitrogen and oxygen atoms in total. The first-order valence-electron chi connectivity index (χ1n) is 6.39. The Morgan fingerprint density at radius 3 is 2.79 bits per heavy atom. The molecule has 2 heterocycles. The van der Waals surface area contributed by atoms with Crippen LogP contribution in [-0.4, -0.2) is 66.1 Å². The minimum atomic E-state index is 0.0164. The number of hydrogen-bond donors (Lipinski definition) is 2. The zero-order valence-electron chi connectivity index (χ0n) is 11.0. The molecule has 19 heavy (non-hydrogen) atoms. The van der Waals surface area contributed by atoms with Gasteiger partial charge in [-0.3, -0.25) is 0 Å². The summed E-state index contributed by atoms with van der Waals surface area (Å²) in [6.07, 6.45) is 0. The van der Waals surface area contributed by atoms with Crippen LogP contribution < -0.4 is 15.0 Å². The van der Waals surface area contributed by atoms with Crippen molar-refractivity contribution in [3.05, 3.63) is 0 Å². The van der Waals surface area contributed by atoms with Crippen LogP contribution in [0.3, 0.4) is 0 Å². The van der Waals surface area contributed by atoms with Crippen LogP contribution in [0, 0.1) is 0 Å². The average Bonchev–Trinajstić information content (AvgIpc) is 2.46. The van der Waals surface area contributed by atoms with Gasteiger partial charge in [0.1, 0.15) is 0 Å². The molecule has 0 atom stereocenters. The van der Waals surface area contributed by atoms with Gasteiger partial charge in [0.25, 0.3) is 0 Å². The van der Waals surface area contributed by atoms with Crippen molar-refractivity contribution in [1.29, 1.82) is 0 Å². The number of aromatic nitrogens is 3. The summed E-state index contributed by atoms with van der Waals surface area (Å²) in [7, 11) is 0. The number of rotatable bonds is 6. The van der Waals surface area contributed by atoms with E-state index in [0.29, 0.717) is 44.3 Å². The lowest BCUT2D eigenvalue weighted by Gasteiger charge is -2.26. The highest BCUT2D eigenvalue weighted by atomic mass is 16.5. The predicted octanol–water partition coefficient (Wildman–Crippen LogP) is -0.489.